The maximum atomic E-state index is 12.0. The van der Waals surface area contributed by atoms with E-state index in [2.05, 4.69) is 25.9 Å². The van der Waals surface area contributed by atoms with Gasteiger partial charge in [-0.3, -0.25) is 20.1 Å². The number of benzene rings is 1. The number of carbonyl (C=O) groups excluding carboxylic acids is 1. The molecular weight excluding hydrogens is 388 g/mol. The molecule has 8 heteroatoms. The summed E-state index contributed by atoms with van der Waals surface area (Å²) in [6, 6.07) is 10.5. The molecule has 0 aliphatic carbocycles. The van der Waals surface area contributed by atoms with Gasteiger partial charge >= 0.3 is 0 Å². The van der Waals surface area contributed by atoms with Gasteiger partial charge in [-0.05, 0) is 56.2 Å². The third-order valence-electron chi connectivity index (χ3n) is 4.08. The highest BCUT2D eigenvalue weighted by Crippen LogP contribution is 2.09. The number of halogens is 1. The monoisotopic (exact) mass is 412 g/mol. The minimum atomic E-state index is -0.0871. The van der Waals surface area contributed by atoms with Crippen molar-refractivity contribution in [2.75, 3.05) is 18.4 Å². The summed E-state index contributed by atoms with van der Waals surface area (Å²) in [7, 11) is 0. The fourth-order valence-corrected chi connectivity index (χ4v) is 2.74. The number of guanidine groups is 1. The largest absolute Gasteiger partial charge is 0.352 e. The molecule has 0 aliphatic heterocycles. The Morgan fingerprint density at radius 1 is 1.17 bits per heavy atom. The molecule has 2 rings (SSSR count). The third kappa shape index (κ3) is 8.62. The molecule has 29 heavy (non-hydrogen) atoms. The predicted molar refractivity (Wildman–Crippen MR) is 116 cm³/mol. The van der Waals surface area contributed by atoms with Crippen molar-refractivity contribution in [1.29, 1.82) is 5.26 Å². The van der Waals surface area contributed by atoms with Crippen molar-refractivity contribution in [2.45, 2.75) is 32.6 Å². The van der Waals surface area contributed by atoms with E-state index in [9.17, 15) is 4.79 Å². The van der Waals surface area contributed by atoms with Crippen molar-refractivity contribution < 1.29 is 4.79 Å². The summed E-state index contributed by atoms with van der Waals surface area (Å²) in [5.74, 6) is 0.337. The highest BCUT2D eigenvalue weighted by Gasteiger charge is 2.04. The summed E-state index contributed by atoms with van der Waals surface area (Å²) >= 11 is 5.82. The van der Waals surface area contributed by atoms with Gasteiger partial charge in [0, 0.05) is 41.3 Å². The van der Waals surface area contributed by atoms with Crippen LogP contribution < -0.4 is 16.0 Å². The van der Waals surface area contributed by atoms with Crippen LogP contribution in [0.4, 0.5) is 5.69 Å². The van der Waals surface area contributed by atoms with Crippen LogP contribution in [0.1, 0.15) is 41.7 Å². The smallest absolute Gasteiger partial charge is 0.251 e. The van der Waals surface area contributed by atoms with Gasteiger partial charge in [0.05, 0.1) is 0 Å². The number of aliphatic imine (C=N–C) groups is 1. The normalized spacial score (nSPS) is 10.9. The van der Waals surface area contributed by atoms with Crippen LogP contribution in [0.2, 0.25) is 5.02 Å². The highest BCUT2D eigenvalue weighted by molar-refractivity contribution is 6.30. The van der Waals surface area contributed by atoms with Crippen molar-refractivity contribution in [3.8, 4) is 6.19 Å². The molecular formula is C21H25ClN6O. The lowest BCUT2D eigenvalue weighted by Gasteiger charge is -2.08. The van der Waals surface area contributed by atoms with E-state index < -0.39 is 0 Å². The molecule has 0 unspecified atom stereocenters. The van der Waals surface area contributed by atoms with Crippen molar-refractivity contribution in [3.05, 3.63) is 58.9 Å². The van der Waals surface area contributed by atoms with Crippen LogP contribution in [-0.4, -0.2) is 29.9 Å². The van der Waals surface area contributed by atoms with E-state index in [1.54, 1.807) is 30.5 Å². The highest BCUT2D eigenvalue weighted by atomic mass is 35.5. The molecule has 1 aromatic heterocycles. The number of nitrogens with zero attached hydrogens (tertiary/aromatic N) is 3. The molecule has 0 spiro atoms. The van der Waals surface area contributed by atoms with Gasteiger partial charge in [0.15, 0.2) is 6.19 Å². The molecule has 0 saturated heterocycles. The van der Waals surface area contributed by atoms with Crippen molar-refractivity contribution in [2.24, 2.45) is 4.99 Å². The van der Waals surface area contributed by atoms with Gasteiger partial charge < -0.3 is 10.6 Å². The van der Waals surface area contributed by atoms with Crippen LogP contribution in [0.15, 0.2) is 47.6 Å². The number of hydrogen-bond acceptors (Lipinski definition) is 4. The van der Waals surface area contributed by atoms with E-state index in [0.717, 1.165) is 37.1 Å². The number of nitriles is 1. The van der Waals surface area contributed by atoms with Gasteiger partial charge in [0.1, 0.15) is 0 Å². The Kier molecular flexibility index (Phi) is 9.46. The third-order valence-corrected chi connectivity index (χ3v) is 4.33. The van der Waals surface area contributed by atoms with E-state index in [-0.39, 0.29) is 5.91 Å². The second kappa shape index (κ2) is 12.4. The van der Waals surface area contributed by atoms with Gasteiger partial charge in [-0.2, -0.15) is 5.26 Å². The van der Waals surface area contributed by atoms with Gasteiger partial charge in [0.25, 0.3) is 5.91 Å². The molecule has 7 nitrogen and oxygen atoms in total. The number of hydrogen-bond donors (Lipinski definition) is 3. The van der Waals surface area contributed by atoms with Gasteiger partial charge in [-0.1, -0.05) is 24.4 Å². The Hall–Kier alpha value is -3.11. The minimum Gasteiger partial charge on any atom is -0.352 e. The molecule has 0 radical (unpaired) electrons. The lowest BCUT2D eigenvalue weighted by molar-refractivity contribution is 0.0953. The zero-order valence-corrected chi connectivity index (χ0v) is 17.2. The Morgan fingerprint density at radius 3 is 2.66 bits per heavy atom. The Bertz CT molecular complexity index is 860. The van der Waals surface area contributed by atoms with Crippen LogP contribution >= 0.6 is 11.6 Å². The molecule has 1 amide bonds. The van der Waals surface area contributed by atoms with E-state index in [1.165, 1.54) is 0 Å². The lowest BCUT2D eigenvalue weighted by Crippen LogP contribution is -2.27. The molecule has 0 atom stereocenters. The second-order valence-corrected chi connectivity index (χ2v) is 6.89. The number of anilines is 1. The number of unbranched alkanes of at least 4 members (excludes halogenated alkanes) is 3. The van der Waals surface area contributed by atoms with Crippen molar-refractivity contribution in [3.63, 3.8) is 0 Å². The zero-order chi connectivity index (χ0) is 20.9. The van der Waals surface area contributed by atoms with Crippen LogP contribution in [-0.2, 0) is 0 Å². The van der Waals surface area contributed by atoms with E-state index in [4.69, 9.17) is 16.9 Å². The van der Waals surface area contributed by atoms with Crippen molar-refractivity contribution in [1.82, 2.24) is 15.6 Å². The number of aromatic nitrogens is 1. The number of nitrogens with one attached hydrogen (secondary N) is 3. The van der Waals surface area contributed by atoms with Crippen LogP contribution in [0.5, 0.6) is 0 Å². The first-order valence-corrected chi connectivity index (χ1v) is 9.89. The molecule has 0 fully saturated rings. The standard InChI is InChI=1S/C21H25ClN6O/c1-16-14-19(10-13-24-16)28-21(27-15-23)26-12-5-3-2-4-11-25-20(29)17-6-8-18(22)9-7-17/h6-10,13-14H,2-5,11-12H2,1H3,(H,25,29)(H2,24,26,27,28). The lowest BCUT2D eigenvalue weighted by atomic mass is 10.2. The summed E-state index contributed by atoms with van der Waals surface area (Å²) < 4.78 is 0. The SMILES string of the molecule is Cc1cc(NC(=NCCCCCCNC(=O)c2ccc(Cl)cc2)NC#N)ccn1. The maximum absolute atomic E-state index is 12.0. The molecule has 0 saturated carbocycles. The first-order chi connectivity index (χ1) is 14.1. The number of amides is 1. The average Bonchev–Trinajstić information content (AvgIpc) is 2.70. The second-order valence-electron chi connectivity index (χ2n) is 6.46. The summed E-state index contributed by atoms with van der Waals surface area (Å²) in [5, 5.41) is 18.0. The topological polar surface area (TPSA) is 102 Å². The molecule has 3 N–H and O–H groups in total. The zero-order valence-electron chi connectivity index (χ0n) is 16.4. The fourth-order valence-electron chi connectivity index (χ4n) is 2.61. The fraction of sp³-hybridized carbons (Fsp3) is 0.333. The molecule has 1 aromatic carbocycles. The summed E-state index contributed by atoms with van der Waals surface area (Å²) in [5.41, 5.74) is 2.32. The Morgan fingerprint density at radius 2 is 1.93 bits per heavy atom. The molecule has 152 valence electrons. The number of pyridine rings is 1. The first kappa shape index (κ1) is 22.2. The molecule has 2 aromatic rings. The van der Waals surface area contributed by atoms with Gasteiger partial charge in [0.2, 0.25) is 5.96 Å². The molecule has 1 heterocycles. The van der Waals surface area contributed by atoms with E-state index >= 15 is 0 Å². The van der Waals surface area contributed by atoms with E-state index in [0.29, 0.717) is 29.6 Å². The molecule has 0 bridgehead atoms. The van der Waals surface area contributed by atoms with Crippen LogP contribution in [0.25, 0.3) is 0 Å². The molecule has 0 aliphatic rings. The minimum absolute atomic E-state index is 0.0871. The summed E-state index contributed by atoms with van der Waals surface area (Å²) in [4.78, 5) is 20.5. The number of carbonyl (C=O) groups is 1. The first-order valence-electron chi connectivity index (χ1n) is 9.51. The van der Waals surface area contributed by atoms with Crippen LogP contribution in [0.3, 0.4) is 0 Å². The van der Waals surface area contributed by atoms with Gasteiger partial charge in [-0.25, -0.2) is 0 Å². The Balaban J connectivity index is 1.62. The predicted octanol–water partition coefficient (Wildman–Crippen LogP) is 3.87. The summed E-state index contributed by atoms with van der Waals surface area (Å²) in [6.45, 7) is 3.14. The quantitative estimate of drug-likeness (QED) is 0.191. The summed E-state index contributed by atoms with van der Waals surface area (Å²) in [6.07, 6.45) is 7.39. The average molecular weight is 413 g/mol. The Labute approximate surface area is 176 Å². The van der Waals surface area contributed by atoms with Crippen LogP contribution in [0, 0.1) is 18.4 Å². The van der Waals surface area contributed by atoms with Crippen molar-refractivity contribution >= 4 is 29.2 Å². The number of aryl methyl sites for hydroxylation is 1. The van der Waals surface area contributed by atoms with E-state index in [1.807, 2.05) is 25.2 Å². The maximum Gasteiger partial charge on any atom is 0.251 e. The number of rotatable bonds is 9. The van der Waals surface area contributed by atoms with Gasteiger partial charge in [-0.15, -0.1) is 0 Å².